The van der Waals surface area contributed by atoms with E-state index in [9.17, 15) is 4.79 Å². The van der Waals surface area contributed by atoms with Gasteiger partial charge in [-0.3, -0.25) is 4.79 Å². The molecule has 1 atom stereocenters. The number of benzene rings is 3. The fourth-order valence-electron chi connectivity index (χ4n) is 4.96. The van der Waals surface area contributed by atoms with Crippen LogP contribution < -0.4 is 9.64 Å². The topological polar surface area (TPSA) is 29.5 Å². The van der Waals surface area contributed by atoms with E-state index < -0.39 is 0 Å². The third-order valence-corrected chi connectivity index (χ3v) is 6.33. The molecule has 154 valence electrons. The van der Waals surface area contributed by atoms with Gasteiger partial charge in [0.25, 0.3) is 5.91 Å². The Bertz CT molecular complexity index is 1070. The van der Waals surface area contributed by atoms with Crippen LogP contribution >= 0.6 is 0 Å². The molecule has 0 saturated carbocycles. The molecule has 0 unspecified atom stereocenters. The summed E-state index contributed by atoms with van der Waals surface area (Å²) in [4.78, 5) is 15.7. The Kier molecular flexibility index (Phi) is 4.93. The number of rotatable bonds is 3. The van der Waals surface area contributed by atoms with Gasteiger partial charge in [-0.25, -0.2) is 0 Å². The maximum Gasteiger partial charge on any atom is 0.258 e. The normalized spacial score (nSPS) is 19.8. The highest BCUT2D eigenvalue weighted by molar-refractivity contribution is 6.08. The summed E-state index contributed by atoms with van der Waals surface area (Å²) < 4.78 is 5.26. The molecule has 0 N–H and O–H groups in total. The molecule has 0 bridgehead atoms. The monoisotopic (exact) mass is 399 g/mol. The van der Waals surface area contributed by atoms with Crippen molar-refractivity contribution >= 4 is 11.6 Å². The van der Waals surface area contributed by atoms with Gasteiger partial charge in [-0.15, -0.1) is 0 Å². The summed E-state index contributed by atoms with van der Waals surface area (Å²) in [7, 11) is 1.63. The summed E-state index contributed by atoms with van der Waals surface area (Å²) in [6.07, 6.45) is 0.836. The van der Waals surface area contributed by atoms with Gasteiger partial charge in [-0.05, 0) is 68.7 Å². The van der Waals surface area contributed by atoms with Crippen molar-refractivity contribution < 1.29 is 9.53 Å². The molecule has 0 fully saturated rings. The zero-order valence-electron chi connectivity index (χ0n) is 18.4. The second-order valence-electron chi connectivity index (χ2n) is 9.08. The molecule has 3 nitrogen and oxygen atoms in total. The fourth-order valence-corrected chi connectivity index (χ4v) is 4.96. The van der Waals surface area contributed by atoms with E-state index in [1.54, 1.807) is 7.11 Å². The second kappa shape index (κ2) is 7.32. The number of hydrogen-bond acceptors (Lipinski definition) is 2. The number of methoxy groups -OCH3 is 1. The highest BCUT2D eigenvalue weighted by atomic mass is 16.5. The molecule has 1 aliphatic heterocycles. The largest absolute Gasteiger partial charge is 0.497 e. The number of hydrogen-bond donors (Lipinski definition) is 0. The summed E-state index contributed by atoms with van der Waals surface area (Å²) in [5.41, 5.74) is 4.80. The van der Waals surface area contributed by atoms with Crippen LogP contribution in [0.1, 0.15) is 54.2 Å². The molecule has 0 aromatic heterocycles. The Morgan fingerprint density at radius 3 is 2.23 bits per heavy atom. The van der Waals surface area contributed by atoms with Gasteiger partial charge in [0, 0.05) is 22.2 Å². The zero-order chi connectivity index (χ0) is 21.5. The van der Waals surface area contributed by atoms with Gasteiger partial charge in [-0.2, -0.15) is 0 Å². The quantitative estimate of drug-likeness (QED) is 0.529. The average Bonchev–Trinajstić information content (AvgIpc) is 2.74. The molecule has 3 aromatic rings. The molecule has 1 amide bonds. The van der Waals surface area contributed by atoms with Crippen LogP contribution in [0.2, 0.25) is 0 Å². The van der Waals surface area contributed by atoms with Crippen LogP contribution in [0, 0.1) is 6.92 Å². The predicted molar refractivity (Wildman–Crippen MR) is 123 cm³/mol. The number of carbonyl (C=O) groups excluding carboxylic acids is 1. The number of nitrogens with zero attached hydrogens (tertiary/aromatic N) is 1. The van der Waals surface area contributed by atoms with Crippen LogP contribution in [-0.4, -0.2) is 18.6 Å². The van der Waals surface area contributed by atoms with Gasteiger partial charge >= 0.3 is 0 Å². The lowest BCUT2D eigenvalue weighted by molar-refractivity contribution is 0.0948. The fraction of sp³-hybridized carbons (Fsp3) is 0.296. The first-order valence-corrected chi connectivity index (χ1v) is 10.4. The van der Waals surface area contributed by atoms with E-state index in [0.717, 1.165) is 17.9 Å². The molecule has 3 heteroatoms. The third kappa shape index (κ3) is 3.28. The van der Waals surface area contributed by atoms with Gasteiger partial charge in [0.1, 0.15) is 5.75 Å². The van der Waals surface area contributed by atoms with Gasteiger partial charge < -0.3 is 9.64 Å². The predicted octanol–water partition coefficient (Wildman–Crippen LogP) is 6.14. The Balaban J connectivity index is 1.88. The molecule has 3 aromatic carbocycles. The van der Waals surface area contributed by atoms with Gasteiger partial charge in [-0.1, -0.05) is 55.0 Å². The van der Waals surface area contributed by atoms with Crippen molar-refractivity contribution in [3.8, 4) is 5.75 Å². The smallest absolute Gasteiger partial charge is 0.258 e. The number of aryl methyl sites for hydroxylation is 1. The molecule has 30 heavy (non-hydrogen) atoms. The van der Waals surface area contributed by atoms with Crippen molar-refractivity contribution in [2.75, 3.05) is 12.0 Å². The van der Waals surface area contributed by atoms with Crippen molar-refractivity contribution in [3.63, 3.8) is 0 Å². The third-order valence-electron chi connectivity index (χ3n) is 6.33. The lowest BCUT2D eigenvalue weighted by Crippen LogP contribution is -2.55. The summed E-state index contributed by atoms with van der Waals surface area (Å²) in [6.45, 7) is 8.75. The molecule has 0 saturated heterocycles. The molecule has 1 aliphatic rings. The average molecular weight is 400 g/mol. The van der Waals surface area contributed by atoms with Gasteiger partial charge in [0.05, 0.1) is 7.11 Å². The molecular formula is C27H29NO2. The lowest BCUT2D eigenvalue weighted by Gasteiger charge is -2.51. The Labute approximate surface area is 179 Å². The molecule has 0 spiro atoms. The van der Waals surface area contributed by atoms with Crippen LogP contribution in [-0.2, 0) is 5.41 Å². The zero-order valence-corrected chi connectivity index (χ0v) is 18.4. The summed E-state index contributed by atoms with van der Waals surface area (Å²) in [5.74, 6) is 0.764. The summed E-state index contributed by atoms with van der Waals surface area (Å²) in [5, 5.41) is 0. The number of carbonyl (C=O) groups is 1. The number of amides is 1. The Morgan fingerprint density at radius 1 is 0.933 bits per heavy atom. The van der Waals surface area contributed by atoms with E-state index in [0.29, 0.717) is 5.56 Å². The highest BCUT2D eigenvalue weighted by Gasteiger charge is 2.47. The van der Waals surface area contributed by atoms with Crippen LogP contribution in [0.3, 0.4) is 0 Å². The molecular weight excluding hydrogens is 370 g/mol. The first-order chi connectivity index (χ1) is 14.3. The first kappa shape index (κ1) is 20.2. The standard InChI is InChI=1S/C27H29NO2/c1-19-11-16-24-23(17-19)27(4,21-9-7-6-8-10-21)18-26(2,3)28(24)25(29)20-12-14-22(30-5)15-13-20/h6-17H,18H2,1-5H3/t27-/m0/s1. The number of fused-ring (bicyclic) bond motifs is 1. The van der Waals surface area contributed by atoms with Crippen molar-refractivity contribution in [3.05, 3.63) is 95.1 Å². The Morgan fingerprint density at radius 2 is 1.60 bits per heavy atom. The van der Waals surface area contributed by atoms with Crippen molar-refractivity contribution in [1.82, 2.24) is 0 Å². The van der Waals surface area contributed by atoms with Crippen molar-refractivity contribution in [2.45, 2.75) is 45.1 Å². The van der Waals surface area contributed by atoms with Crippen LogP contribution in [0.15, 0.2) is 72.8 Å². The molecule has 0 aliphatic carbocycles. The minimum atomic E-state index is -0.357. The van der Waals surface area contributed by atoms with E-state index in [2.05, 4.69) is 76.2 Å². The van der Waals surface area contributed by atoms with Crippen LogP contribution in [0.5, 0.6) is 5.75 Å². The Hall–Kier alpha value is -3.07. The van der Waals surface area contributed by atoms with Crippen molar-refractivity contribution in [2.24, 2.45) is 0 Å². The van der Waals surface area contributed by atoms with E-state index in [1.807, 2.05) is 29.2 Å². The van der Waals surface area contributed by atoms with Gasteiger partial charge in [0.15, 0.2) is 0 Å². The maximum absolute atomic E-state index is 13.7. The highest BCUT2D eigenvalue weighted by Crippen LogP contribution is 2.51. The lowest BCUT2D eigenvalue weighted by atomic mass is 9.65. The molecule has 4 rings (SSSR count). The second-order valence-corrected chi connectivity index (χ2v) is 9.08. The molecule has 0 radical (unpaired) electrons. The SMILES string of the molecule is COc1ccc(C(=O)N2c3ccc(C)cc3[C@](C)(c3ccccc3)CC2(C)C)cc1. The van der Waals surface area contributed by atoms with E-state index in [1.165, 1.54) is 16.7 Å². The minimum Gasteiger partial charge on any atom is -0.497 e. The number of ether oxygens (including phenoxy) is 1. The first-order valence-electron chi connectivity index (χ1n) is 10.4. The number of anilines is 1. The minimum absolute atomic E-state index is 0.0165. The molecule has 1 heterocycles. The van der Waals surface area contributed by atoms with E-state index >= 15 is 0 Å². The maximum atomic E-state index is 13.7. The van der Waals surface area contributed by atoms with E-state index in [4.69, 9.17) is 4.74 Å². The van der Waals surface area contributed by atoms with Crippen LogP contribution in [0.4, 0.5) is 5.69 Å². The summed E-state index contributed by atoms with van der Waals surface area (Å²) >= 11 is 0. The van der Waals surface area contributed by atoms with Gasteiger partial charge in [0.2, 0.25) is 0 Å². The summed E-state index contributed by atoms with van der Waals surface area (Å²) in [6, 6.07) is 24.5. The van der Waals surface area contributed by atoms with E-state index in [-0.39, 0.29) is 16.9 Å². The van der Waals surface area contributed by atoms with Crippen molar-refractivity contribution in [1.29, 1.82) is 0 Å². The van der Waals surface area contributed by atoms with Crippen LogP contribution in [0.25, 0.3) is 0 Å².